The van der Waals surface area contributed by atoms with Gasteiger partial charge in [0.2, 0.25) is 11.8 Å². The van der Waals surface area contributed by atoms with Crippen molar-refractivity contribution < 1.29 is 23.9 Å². The van der Waals surface area contributed by atoms with Crippen LogP contribution >= 0.6 is 0 Å². The molecular weight excluding hydrogens is 414 g/mol. The van der Waals surface area contributed by atoms with Gasteiger partial charge in [-0.15, -0.1) is 0 Å². The molecule has 3 aliphatic heterocycles. The molecular formula is C22H29N5O5. The summed E-state index contributed by atoms with van der Waals surface area (Å²) in [5.41, 5.74) is 1.08. The van der Waals surface area contributed by atoms with Gasteiger partial charge < -0.3 is 15.4 Å². The smallest absolute Gasteiger partial charge is 0.264 e. The summed E-state index contributed by atoms with van der Waals surface area (Å²) in [5, 5.41) is 8.64. The summed E-state index contributed by atoms with van der Waals surface area (Å²) in [5.74, 6) is -2.02. The van der Waals surface area contributed by atoms with E-state index in [1.165, 1.54) is 0 Å². The van der Waals surface area contributed by atoms with Gasteiger partial charge in [0.05, 0.1) is 23.8 Å². The van der Waals surface area contributed by atoms with Gasteiger partial charge in [0.1, 0.15) is 6.04 Å². The van der Waals surface area contributed by atoms with Crippen LogP contribution in [0.1, 0.15) is 40.0 Å². The zero-order valence-electron chi connectivity index (χ0n) is 18.2. The second-order valence-electron chi connectivity index (χ2n) is 8.31. The van der Waals surface area contributed by atoms with Crippen LogP contribution in [0.3, 0.4) is 0 Å². The average molecular weight is 444 g/mol. The van der Waals surface area contributed by atoms with Gasteiger partial charge in [0.15, 0.2) is 0 Å². The van der Waals surface area contributed by atoms with Gasteiger partial charge in [0.25, 0.3) is 11.8 Å². The molecule has 1 unspecified atom stereocenters. The van der Waals surface area contributed by atoms with Gasteiger partial charge in [-0.2, -0.15) is 0 Å². The number of carbonyl (C=O) groups is 4. The molecule has 1 aromatic rings. The maximum atomic E-state index is 13.2. The molecule has 2 fully saturated rings. The molecule has 172 valence electrons. The van der Waals surface area contributed by atoms with Gasteiger partial charge in [-0.25, -0.2) is 0 Å². The van der Waals surface area contributed by atoms with Gasteiger partial charge in [-0.05, 0) is 45.1 Å². The predicted molar refractivity (Wildman–Crippen MR) is 116 cm³/mol. The molecule has 3 aliphatic rings. The molecule has 0 radical (unpaired) electrons. The molecule has 0 spiro atoms. The minimum atomic E-state index is -0.971. The van der Waals surface area contributed by atoms with Crippen molar-refractivity contribution in [3.63, 3.8) is 0 Å². The van der Waals surface area contributed by atoms with E-state index in [1.807, 2.05) is 7.05 Å². The fourth-order valence-corrected chi connectivity index (χ4v) is 4.47. The number of amides is 4. The van der Waals surface area contributed by atoms with Gasteiger partial charge >= 0.3 is 0 Å². The Bertz CT molecular complexity index is 920. The normalized spacial score (nSPS) is 24.0. The van der Waals surface area contributed by atoms with E-state index >= 15 is 0 Å². The van der Waals surface area contributed by atoms with Gasteiger partial charge in [0, 0.05) is 31.7 Å². The number of hydrogen-bond donors (Lipinski definition) is 3. The highest BCUT2D eigenvalue weighted by Gasteiger charge is 2.45. The number of imide groups is 2. The summed E-state index contributed by atoms with van der Waals surface area (Å²) in [6.07, 6.45) is 1.26. The van der Waals surface area contributed by atoms with Crippen LogP contribution in [-0.4, -0.2) is 92.0 Å². The average Bonchev–Trinajstić information content (AvgIpc) is 3.04. The first-order valence-electron chi connectivity index (χ1n) is 11.1. The van der Waals surface area contributed by atoms with Crippen molar-refractivity contribution in [1.82, 2.24) is 20.4 Å². The number of carbonyl (C=O) groups excluding carboxylic acids is 4. The third kappa shape index (κ3) is 4.52. The molecule has 3 N–H and O–H groups in total. The lowest BCUT2D eigenvalue weighted by Crippen LogP contribution is -2.54. The van der Waals surface area contributed by atoms with Crippen LogP contribution in [0, 0.1) is 0 Å². The van der Waals surface area contributed by atoms with E-state index in [9.17, 15) is 19.2 Å². The van der Waals surface area contributed by atoms with Crippen molar-refractivity contribution in [2.75, 3.05) is 51.7 Å². The van der Waals surface area contributed by atoms with Crippen LogP contribution in [0.2, 0.25) is 0 Å². The van der Waals surface area contributed by atoms with Crippen molar-refractivity contribution in [3.8, 4) is 0 Å². The molecule has 32 heavy (non-hydrogen) atoms. The molecule has 4 rings (SSSR count). The third-order valence-electron chi connectivity index (χ3n) is 6.11. The second-order valence-corrected chi connectivity index (χ2v) is 8.31. The Kier molecular flexibility index (Phi) is 6.83. The number of ether oxygens (including phenoxy) is 1. The third-order valence-corrected chi connectivity index (χ3v) is 6.11. The Labute approximate surface area is 186 Å². The molecule has 2 atom stereocenters. The molecule has 0 saturated carbocycles. The lowest BCUT2D eigenvalue weighted by molar-refractivity contribution is -0.136. The Morgan fingerprint density at radius 1 is 1.19 bits per heavy atom. The topological polar surface area (TPSA) is 120 Å². The SMILES string of the molecule is CNCCCN1CCO[C@@H](CNc2cccc3c2C(=O)N(C2CCC(=O)NC2=O)C3=O)C1. The number of anilines is 1. The summed E-state index contributed by atoms with van der Waals surface area (Å²) in [6.45, 7) is 4.81. The molecule has 0 aliphatic carbocycles. The molecule has 10 heteroatoms. The van der Waals surface area contributed by atoms with E-state index in [1.54, 1.807) is 18.2 Å². The minimum Gasteiger partial charge on any atom is -0.382 e. The Morgan fingerprint density at radius 3 is 2.81 bits per heavy atom. The molecule has 0 bridgehead atoms. The van der Waals surface area contributed by atoms with Crippen molar-refractivity contribution in [1.29, 1.82) is 0 Å². The number of hydrogen-bond acceptors (Lipinski definition) is 8. The monoisotopic (exact) mass is 443 g/mol. The van der Waals surface area contributed by atoms with E-state index in [0.29, 0.717) is 18.8 Å². The first kappa shape index (κ1) is 22.4. The predicted octanol–water partition coefficient (Wildman–Crippen LogP) is -0.190. The minimum absolute atomic E-state index is 0.0346. The highest BCUT2D eigenvalue weighted by atomic mass is 16.5. The summed E-state index contributed by atoms with van der Waals surface area (Å²) in [7, 11) is 1.94. The fourth-order valence-electron chi connectivity index (χ4n) is 4.47. The first-order valence-corrected chi connectivity index (χ1v) is 11.1. The summed E-state index contributed by atoms with van der Waals surface area (Å²) < 4.78 is 5.88. The standard InChI is InChI=1S/C22H29N5O5/c1-23-8-3-9-26-10-11-32-14(13-26)12-24-16-5-2-4-15-19(16)22(31)27(21(15)30)17-6-7-18(28)25-20(17)29/h2,4-5,14,17,23-24H,3,6-13H2,1H3,(H,25,28,29)/t14-,17?/m0/s1. The zero-order chi connectivity index (χ0) is 22.7. The molecule has 0 aromatic heterocycles. The fraction of sp³-hybridized carbons (Fsp3) is 0.545. The van der Waals surface area contributed by atoms with Crippen molar-refractivity contribution in [2.45, 2.75) is 31.4 Å². The molecule has 1 aromatic carbocycles. The van der Waals surface area contributed by atoms with Crippen LogP contribution in [0.4, 0.5) is 5.69 Å². The van der Waals surface area contributed by atoms with E-state index in [2.05, 4.69) is 20.9 Å². The number of nitrogens with zero attached hydrogens (tertiary/aromatic N) is 2. The van der Waals surface area contributed by atoms with Crippen molar-refractivity contribution in [2.24, 2.45) is 0 Å². The number of benzene rings is 1. The molecule has 10 nitrogen and oxygen atoms in total. The van der Waals surface area contributed by atoms with Crippen LogP contribution in [0.25, 0.3) is 0 Å². The highest BCUT2D eigenvalue weighted by Crippen LogP contribution is 2.32. The van der Waals surface area contributed by atoms with E-state index in [-0.39, 0.29) is 30.1 Å². The summed E-state index contributed by atoms with van der Waals surface area (Å²) >= 11 is 0. The quantitative estimate of drug-likeness (QED) is 0.374. The van der Waals surface area contributed by atoms with Crippen molar-refractivity contribution in [3.05, 3.63) is 29.3 Å². The second kappa shape index (κ2) is 9.76. The Balaban J connectivity index is 1.43. The highest BCUT2D eigenvalue weighted by molar-refractivity contribution is 6.25. The van der Waals surface area contributed by atoms with Crippen LogP contribution < -0.4 is 16.0 Å². The Morgan fingerprint density at radius 2 is 2.03 bits per heavy atom. The Hall–Kier alpha value is -2.82. The number of morpholine rings is 1. The first-order chi connectivity index (χ1) is 15.5. The summed E-state index contributed by atoms with van der Waals surface area (Å²) in [4.78, 5) is 53.2. The largest absolute Gasteiger partial charge is 0.382 e. The number of nitrogens with one attached hydrogen (secondary N) is 3. The molecule has 3 heterocycles. The maximum absolute atomic E-state index is 13.2. The summed E-state index contributed by atoms with van der Waals surface area (Å²) in [6, 6.07) is 4.09. The maximum Gasteiger partial charge on any atom is 0.264 e. The van der Waals surface area contributed by atoms with Crippen LogP contribution in [0.15, 0.2) is 18.2 Å². The van der Waals surface area contributed by atoms with Crippen LogP contribution in [0.5, 0.6) is 0 Å². The van der Waals surface area contributed by atoms with Gasteiger partial charge in [-0.3, -0.25) is 34.3 Å². The number of rotatable bonds is 8. The van der Waals surface area contributed by atoms with Gasteiger partial charge in [-0.1, -0.05) is 6.07 Å². The number of fused-ring (bicyclic) bond motifs is 1. The number of piperidine rings is 1. The van der Waals surface area contributed by atoms with Crippen LogP contribution in [-0.2, 0) is 14.3 Å². The zero-order valence-corrected chi connectivity index (χ0v) is 18.2. The van der Waals surface area contributed by atoms with E-state index < -0.39 is 29.7 Å². The lowest BCUT2D eigenvalue weighted by atomic mass is 10.0. The molecule has 2 saturated heterocycles. The molecule has 4 amide bonds. The lowest BCUT2D eigenvalue weighted by Gasteiger charge is -2.33. The van der Waals surface area contributed by atoms with E-state index in [0.717, 1.165) is 37.5 Å². The van der Waals surface area contributed by atoms with E-state index in [4.69, 9.17) is 4.74 Å². The van der Waals surface area contributed by atoms with Crippen molar-refractivity contribution >= 4 is 29.3 Å².